The van der Waals surface area contributed by atoms with Crippen molar-refractivity contribution >= 4 is 5.91 Å². The third-order valence-corrected chi connectivity index (χ3v) is 4.35. The number of carbonyl (C=O) groups is 1. The van der Waals surface area contributed by atoms with Gasteiger partial charge in [-0.3, -0.25) is 4.79 Å². The Hall–Kier alpha value is -0.670. The SMILES string of the molecule is CC1(CC(=O)N2CC3(C2)CC(F)(F)C3)CC1. The predicted octanol–water partition coefficient (Wildman–Crippen LogP) is 2.43. The number of halogens is 2. The third-order valence-electron chi connectivity index (χ3n) is 4.35. The molecule has 0 N–H and O–H groups in total. The van der Waals surface area contributed by atoms with Crippen molar-refractivity contribution in [1.29, 1.82) is 0 Å². The highest BCUT2D eigenvalue weighted by molar-refractivity contribution is 5.78. The van der Waals surface area contributed by atoms with Crippen molar-refractivity contribution in [2.75, 3.05) is 13.1 Å². The van der Waals surface area contributed by atoms with E-state index in [4.69, 9.17) is 0 Å². The molecule has 1 amide bonds. The summed E-state index contributed by atoms with van der Waals surface area (Å²) in [6.45, 7) is 3.26. The minimum Gasteiger partial charge on any atom is -0.341 e. The van der Waals surface area contributed by atoms with Gasteiger partial charge in [-0.1, -0.05) is 6.92 Å². The fourth-order valence-electron chi connectivity index (χ4n) is 3.08. The van der Waals surface area contributed by atoms with E-state index in [0.717, 1.165) is 12.8 Å². The highest BCUT2D eigenvalue weighted by Gasteiger charge is 2.62. The predicted molar refractivity (Wildman–Crippen MR) is 55.2 cm³/mol. The fourth-order valence-corrected chi connectivity index (χ4v) is 3.08. The van der Waals surface area contributed by atoms with Crippen LogP contribution in [0.5, 0.6) is 0 Å². The molecule has 90 valence electrons. The van der Waals surface area contributed by atoms with Crippen LogP contribution in [0.1, 0.15) is 39.0 Å². The summed E-state index contributed by atoms with van der Waals surface area (Å²) < 4.78 is 25.5. The number of rotatable bonds is 2. The molecule has 2 aliphatic carbocycles. The maximum absolute atomic E-state index is 12.8. The maximum atomic E-state index is 12.8. The van der Waals surface area contributed by atoms with Crippen LogP contribution in [-0.4, -0.2) is 29.8 Å². The summed E-state index contributed by atoms with van der Waals surface area (Å²) in [7, 11) is 0. The Balaban J connectivity index is 1.49. The molecule has 16 heavy (non-hydrogen) atoms. The lowest BCUT2D eigenvalue weighted by molar-refractivity contribution is -0.215. The van der Waals surface area contributed by atoms with Crippen LogP contribution in [0.2, 0.25) is 0 Å². The van der Waals surface area contributed by atoms with Gasteiger partial charge in [0.05, 0.1) is 0 Å². The highest BCUT2D eigenvalue weighted by atomic mass is 19.3. The van der Waals surface area contributed by atoms with Crippen LogP contribution in [0.3, 0.4) is 0 Å². The lowest BCUT2D eigenvalue weighted by Gasteiger charge is -2.58. The number of carbonyl (C=O) groups excluding carboxylic acids is 1. The lowest BCUT2D eigenvalue weighted by atomic mass is 9.61. The molecule has 0 aromatic rings. The minimum atomic E-state index is -2.46. The average molecular weight is 229 g/mol. The largest absolute Gasteiger partial charge is 0.341 e. The van der Waals surface area contributed by atoms with E-state index in [1.807, 2.05) is 0 Å². The molecular formula is C12H17F2NO. The van der Waals surface area contributed by atoms with Crippen LogP contribution < -0.4 is 0 Å². The smallest absolute Gasteiger partial charge is 0.249 e. The molecule has 3 rings (SSSR count). The molecule has 0 bridgehead atoms. The summed E-state index contributed by atoms with van der Waals surface area (Å²) in [5.41, 5.74) is 0.00695. The van der Waals surface area contributed by atoms with Gasteiger partial charge in [-0.2, -0.15) is 0 Å². The van der Waals surface area contributed by atoms with Crippen molar-refractivity contribution in [3.05, 3.63) is 0 Å². The zero-order valence-corrected chi connectivity index (χ0v) is 9.56. The van der Waals surface area contributed by atoms with Crippen LogP contribution in [0.25, 0.3) is 0 Å². The van der Waals surface area contributed by atoms with Gasteiger partial charge in [-0.05, 0) is 18.3 Å². The number of hydrogen-bond acceptors (Lipinski definition) is 1. The second kappa shape index (κ2) is 2.77. The quantitative estimate of drug-likeness (QED) is 0.712. The molecule has 1 heterocycles. The molecule has 0 atom stereocenters. The molecule has 0 unspecified atom stereocenters. The van der Waals surface area contributed by atoms with E-state index in [2.05, 4.69) is 6.92 Å². The summed E-state index contributed by atoms with van der Waals surface area (Å²) in [5, 5.41) is 0. The first-order valence-corrected chi connectivity index (χ1v) is 5.97. The molecule has 3 fully saturated rings. The molecule has 1 saturated heterocycles. The maximum Gasteiger partial charge on any atom is 0.249 e. The number of hydrogen-bond donors (Lipinski definition) is 0. The van der Waals surface area contributed by atoms with E-state index in [-0.39, 0.29) is 29.6 Å². The summed E-state index contributed by atoms with van der Waals surface area (Å²) in [4.78, 5) is 13.6. The average Bonchev–Trinajstić information content (AvgIpc) is 2.73. The Morgan fingerprint density at radius 2 is 1.81 bits per heavy atom. The first-order valence-electron chi connectivity index (χ1n) is 5.97. The van der Waals surface area contributed by atoms with Crippen molar-refractivity contribution < 1.29 is 13.6 Å². The Kier molecular flexibility index (Phi) is 1.81. The van der Waals surface area contributed by atoms with Crippen molar-refractivity contribution in [3.8, 4) is 0 Å². The van der Waals surface area contributed by atoms with Gasteiger partial charge < -0.3 is 4.90 Å². The van der Waals surface area contributed by atoms with Crippen LogP contribution in [0, 0.1) is 10.8 Å². The van der Waals surface area contributed by atoms with Gasteiger partial charge in [-0.25, -0.2) is 8.78 Å². The molecule has 0 aromatic carbocycles. The standard InChI is InChI=1S/C12H17F2NO/c1-10(2-3-10)4-9(16)15-7-11(8-15)5-12(13,14)6-11/h2-8H2,1H3. The zero-order valence-electron chi connectivity index (χ0n) is 9.56. The normalized spacial score (nSPS) is 31.8. The molecule has 2 saturated carbocycles. The van der Waals surface area contributed by atoms with Gasteiger partial charge in [0.15, 0.2) is 0 Å². The van der Waals surface area contributed by atoms with Crippen LogP contribution >= 0.6 is 0 Å². The Morgan fingerprint density at radius 3 is 2.25 bits per heavy atom. The molecule has 1 spiro atoms. The van der Waals surface area contributed by atoms with E-state index in [9.17, 15) is 13.6 Å². The topological polar surface area (TPSA) is 20.3 Å². The monoisotopic (exact) mass is 229 g/mol. The summed E-state index contributed by atoms with van der Waals surface area (Å²) in [5.74, 6) is -2.29. The van der Waals surface area contributed by atoms with Crippen molar-refractivity contribution in [2.24, 2.45) is 10.8 Å². The molecule has 4 heteroatoms. The first kappa shape index (κ1) is 10.5. The van der Waals surface area contributed by atoms with E-state index in [1.54, 1.807) is 4.90 Å². The summed E-state index contributed by atoms with van der Waals surface area (Å²) in [6.07, 6.45) is 2.85. The lowest BCUT2D eigenvalue weighted by Crippen LogP contribution is -2.67. The van der Waals surface area contributed by atoms with Crippen LogP contribution in [0.4, 0.5) is 8.78 Å². The zero-order chi connectivity index (χ0) is 11.6. The van der Waals surface area contributed by atoms with Gasteiger partial charge in [-0.15, -0.1) is 0 Å². The second-order valence-corrected chi connectivity index (χ2v) is 6.45. The van der Waals surface area contributed by atoms with Gasteiger partial charge in [0.1, 0.15) is 0 Å². The number of amides is 1. The number of nitrogens with zero attached hydrogens (tertiary/aromatic N) is 1. The second-order valence-electron chi connectivity index (χ2n) is 6.45. The van der Waals surface area contributed by atoms with Crippen molar-refractivity contribution in [1.82, 2.24) is 4.90 Å². The molecule has 2 nitrogen and oxygen atoms in total. The van der Waals surface area contributed by atoms with Gasteiger partial charge in [0.2, 0.25) is 11.8 Å². The summed E-state index contributed by atoms with van der Waals surface area (Å²) in [6, 6.07) is 0. The van der Waals surface area contributed by atoms with Gasteiger partial charge >= 0.3 is 0 Å². The van der Waals surface area contributed by atoms with E-state index in [0.29, 0.717) is 19.5 Å². The van der Waals surface area contributed by atoms with Crippen LogP contribution in [-0.2, 0) is 4.79 Å². The Morgan fingerprint density at radius 1 is 1.25 bits per heavy atom. The van der Waals surface area contributed by atoms with Crippen LogP contribution in [0.15, 0.2) is 0 Å². The summed E-state index contributed by atoms with van der Waals surface area (Å²) >= 11 is 0. The molecule has 0 aromatic heterocycles. The highest BCUT2D eigenvalue weighted by Crippen LogP contribution is 2.57. The number of likely N-dealkylation sites (tertiary alicyclic amines) is 1. The Bertz CT molecular complexity index is 333. The molecule has 1 aliphatic heterocycles. The molecule has 0 radical (unpaired) electrons. The van der Waals surface area contributed by atoms with Crippen molar-refractivity contribution in [3.63, 3.8) is 0 Å². The molecule has 3 aliphatic rings. The Labute approximate surface area is 94.0 Å². The van der Waals surface area contributed by atoms with E-state index in [1.165, 1.54) is 0 Å². The van der Waals surface area contributed by atoms with E-state index >= 15 is 0 Å². The minimum absolute atomic E-state index is 0.0128. The van der Waals surface area contributed by atoms with Crippen molar-refractivity contribution in [2.45, 2.75) is 45.0 Å². The van der Waals surface area contributed by atoms with E-state index < -0.39 is 5.92 Å². The first-order chi connectivity index (χ1) is 7.32. The van der Waals surface area contributed by atoms with Gasteiger partial charge in [0, 0.05) is 37.8 Å². The van der Waals surface area contributed by atoms with Gasteiger partial charge in [0.25, 0.3) is 0 Å². The number of alkyl halides is 2. The third kappa shape index (κ3) is 1.62. The molecular weight excluding hydrogens is 212 g/mol. The fraction of sp³-hybridized carbons (Fsp3) is 0.917.